The summed E-state index contributed by atoms with van der Waals surface area (Å²) >= 11 is 0. The molecule has 1 heterocycles. The number of fused-ring (bicyclic) bond motifs is 1. The van der Waals surface area contributed by atoms with E-state index < -0.39 is 0 Å². The fourth-order valence-corrected chi connectivity index (χ4v) is 3.88. The summed E-state index contributed by atoms with van der Waals surface area (Å²) in [5.74, 6) is 0.749. The molecule has 0 unspecified atom stereocenters. The van der Waals surface area contributed by atoms with Crippen LogP contribution in [0.4, 0.5) is 0 Å². The minimum absolute atomic E-state index is 0.145. The predicted molar refractivity (Wildman–Crippen MR) is 88.3 cm³/mol. The Morgan fingerprint density at radius 3 is 2.91 bits per heavy atom. The van der Waals surface area contributed by atoms with E-state index in [9.17, 15) is 4.79 Å². The Morgan fingerprint density at radius 1 is 1.27 bits per heavy atom. The molecule has 1 saturated carbocycles. The number of carbonyl (C=O) groups excluding carboxylic acids is 1. The van der Waals surface area contributed by atoms with Crippen molar-refractivity contribution in [3.63, 3.8) is 0 Å². The number of nitrogens with one attached hydrogen (secondary N) is 1. The second-order valence-electron chi connectivity index (χ2n) is 6.62. The summed E-state index contributed by atoms with van der Waals surface area (Å²) in [5, 5.41) is 3.12. The Morgan fingerprint density at radius 2 is 2.09 bits per heavy atom. The first-order valence-corrected chi connectivity index (χ1v) is 8.55. The van der Waals surface area contributed by atoms with E-state index in [4.69, 9.17) is 5.73 Å². The number of hydrogen-bond donors (Lipinski definition) is 2. The van der Waals surface area contributed by atoms with Crippen molar-refractivity contribution in [2.45, 2.75) is 32.2 Å². The van der Waals surface area contributed by atoms with E-state index >= 15 is 0 Å². The summed E-state index contributed by atoms with van der Waals surface area (Å²) in [6, 6.07) is 8.66. The van der Waals surface area contributed by atoms with Gasteiger partial charge in [0.2, 0.25) is 5.91 Å². The van der Waals surface area contributed by atoms with E-state index in [1.165, 1.54) is 11.1 Å². The lowest BCUT2D eigenvalue weighted by Crippen LogP contribution is -2.41. The maximum absolute atomic E-state index is 12.3. The molecular weight excluding hydrogens is 274 g/mol. The van der Waals surface area contributed by atoms with E-state index in [1.54, 1.807) is 0 Å². The molecule has 0 spiro atoms. The third kappa shape index (κ3) is 3.50. The maximum atomic E-state index is 12.3. The molecular formula is C18H27N3O. The van der Waals surface area contributed by atoms with Gasteiger partial charge in [0, 0.05) is 32.1 Å². The second kappa shape index (κ2) is 7.25. The van der Waals surface area contributed by atoms with Crippen molar-refractivity contribution in [1.82, 2.24) is 10.2 Å². The lowest BCUT2D eigenvalue weighted by Gasteiger charge is -2.29. The minimum Gasteiger partial charge on any atom is -0.355 e. The highest BCUT2D eigenvalue weighted by Gasteiger charge is 2.31. The van der Waals surface area contributed by atoms with Crippen molar-refractivity contribution in [2.24, 2.45) is 17.6 Å². The van der Waals surface area contributed by atoms with E-state index in [0.717, 1.165) is 51.9 Å². The zero-order valence-electron chi connectivity index (χ0n) is 13.3. The van der Waals surface area contributed by atoms with Crippen LogP contribution in [-0.4, -0.2) is 37.0 Å². The monoisotopic (exact) mass is 301 g/mol. The molecule has 0 bridgehead atoms. The first kappa shape index (κ1) is 15.5. The van der Waals surface area contributed by atoms with Crippen LogP contribution in [0.5, 0.6) is 0 Å². The number of carbonyl (C=O) groups is 1. The van der Waals surface area contributed by atoms with Gasteiger partial charge in [0.25, 0.3) is 0 Å². The lowest BCUT2D eigenvalue weighted by atomic mass is 9.95. The molecule has 1 fully saturated rings. The Balaban J connectivity index is 1.43. The minimum atomic E-state index is 0.145. The van der Waals surface area contributed by atoms with Gasteiger partial charge in [0.05, 0.1) is 0 Å². The van der Waals surface area contributed by atoms with Gasteiger partial charge in [-0.1, -0.05) is 30.7 Å². The highest BCUT2D eigenvalue weighted by atomic mass is 16.1. The second-order valence-corrected chi connectivity index (χ2v) is 6.62. The first-order chi connectivity index (χ1) is 10.8. The number of nitrogens with zero attached hydrogens (tertiary/aromatic N) is 1. The molecule has 120 valence electrons. The van der Waals surface area contributed by atoms with Crippen molar-refractivity contribution in [3.8, 4) is 0 Å². The number of hydrogen-bond acceptors (Lipinski definition) is 3. The van der Waals surface area contributed by atoms with Gasteiger partial charge in [-0.25, -0.2) is 0 Å². The molecule has 1 aromatic rings. The topological polar surface area (TPSA) is 58.4 Å². The average molecular weight is 301 g/mol. The molecule has 4 nitrogen and oxygen atoms in total. The van der Waals surface area contributed by atoms with E-state index in [0.29, 0.717) is 12.5 Å². The first-order valence-electron chi connectivity index (χ1n) is 8.55. The zero-order chi connectivity index (χ0) is 15.4. The quantitative estimate of drug-likeness (QED) is 0.867. The fraction of sp³-hybridized carbons (Fsp3) is 0.611. The number of rotatable bonds is 5. The van der Waals surface area contributed by atoms with Gasteiger partial charge in [-0.3, -0.25) is 9.69 Å². The summed E-state index contributed by atoms with van der Waals surface area (Å²) in [7, 11) is 0. The Labute approximate surface area is 133 Å². The third-order valence-electron chi connectivity index (χ3n) is 5.24. The number of benzene rings is 1. The van der Waals surface area contributed by atoms with Crippen LogP contribution < -0.4 is 11.1 Å². The van der Waals surface area contributed by atoms with Crippen LogP contribution >= 0.6 is 0 Å². The Bertz CT molecular complexity index is 517. The molecule has 0 saturated heterocycles. The standard InChI is InChI=1S/C18H27N3O/c19-12-15-6-3-7-17(15)18(22)20-9-11-21-10-8-14-4-1-2-5-16(14)13-21/h1-2,4-5,15,17H,3,6-13,19H2,(H,20,22)/t15-,17-/m1/s1. The van der Waals surface area contributed by atoms with Gasteiger partial charge in [0.15, 0.2) is 0 Å². The molecule has 2 aliphatic rings. The largest absolute Gasteiger partial charge is 0.355 e. The summed E-state index contributed by atoms with van der Waals surface area (Å²) in [6.07, 6.45) is 4.37. The van der Waals surface area contributed by atoms with Gasteiger partial charge in [-0.15, -0.1) is 0 Å². The molecule has 1 amide bonds. The highest BCUT2D eigenvalue weighted by Crippen LogP contribution is 2.30. The van der Waals surface area contributed by atoms with Crippen molar-refractivity contribution in [2.75, 3.05) is 26.2 Å². The zero-order valence-corrected chi connectivity index (χ0v) is 13.3. The molecule has 3 rings (SSSR count). The van der Waals surface area contributed by atoms with Crippen molar-refractivity contribution >= 4 is 5.91 Å². The Kier molecular flexibility index (Phi) is 5.11. The van der Waals surface area contributed by atoms with E-state index in [1.807, 2.05) is 0 Å². The summed E-state index contributed by atoms with van der Waals surface area (Å²) in [4.78, 5) is 14.7. The van der Waals surface area contributed by atoms with E-state index in [-0.39, 0.29) is 11.8 Å². The summed E-state index contributed by atoms with van der Waals surface area (Å²) in [6.45, 7) is 4.40. The number of nitrogens with two attached hydrogens (primary N) is 1. The van der Waals surface area contributed by atoms with Crippen LogP contribution in [0.1, 0.15) is 30.4 Å². The van der Waals surface area contributed by atoms with Gasteiger partial charge in [-0.2, -0.15) is 0 Å². The van der Waals surface area contributed by atoms with Crippen LogP contribution in [0.15, 0.2) is 24.3 Å². The molecule has 22 heavy (non-hydrogen) atoms. The van der Waals surface area contributed by atoms with Crippen molar-refractivity contribution in [1.29, 1.82) is 0 Å². The van der Waals surface area contributed by atoms with Crippen molar-refractivity contribution < 1.29 is 4.79 Å². The summed E-state index contributed by atoms with van der Waals surface area (Å²) < 4.78 is 0. The molecule has 1 aromatic carbocycles. The third-order valence-corrected chi connectivity index (χ3v) is 5.24. The average Bonchev–Trinajstić information content (AvgIpc) is 3.03. The van der Waals surface area contributed by atoms with Gasteiger partial charge in [0.1, 0.15) is 0 Å². The highest BCUT2D eigenvalue weighted by molar-refractivity contribution is 5.79. The molecule has 1 aliphatic heterocycles. The van der Waals surface area contributed by atoms with Crippen LogP contribution in [0.25, 0.3) is 0 Å². The molecule has 4 heteroatoms. The summed E-state index contributed by atoms with van der Waals surface area (Å²) in [5.41, 5.74) is 8.67. The molecule has 0 aromatic heterocycles. The van der Waals surface area contributed by atoms with Gasteiger partial charge >= 0.3 is 0 Å². The molecule has 0 radical (unpaired) electrons. The van der Waals surface area contributed by atoms with Crippen LogP contribution in [0, 0.1) is 11.8 Å². The fourth-order valence-electron chi connectivity index (χ4n) is 3.88. The molecule has 1 aliphatic carbocycles. The SMILES string of the molecule is NC[C@H]1CCC[C@H]1C(=O)NCCN1CCc2ccccc2C1. The normalized spacial score (nSPS) is 25.0. The Hall–Kier alpha value is -1.39. The number of amides is 1. The molecule has 3 N–H and O–H groups in total. The smallest absolute Gasteiger partial charge is 0.223 e. The predicted octanol–water partition coefficient (Wildman–Crippen LogP) is 1.54. The van der Waals surface area contributed by atoms with Gasteiger partial charge < -0.3 is 11.1 Å². The molecule has 2 atom stereocenters. The van der Waals surface area contributed by atoms with Crippen LogP contribution in [-0.2, 0) is 17.8 Å². The maximum Gasteiger partial charge on any atom is 0.223 e. The van der Waals surface area contributed by atoms with Gasteiger partial charge in [-0.05, 0) is 42.9 Å². The van der Waals surface area contributed by atoms with E-state index in [2.05, 4.69) is 34.5 Å². The van der Waals surface area contributed by atoms with Crippen LogP contribution in [0.2, 0.25) is 0 Å². The lowest BCUT2D eigenvalue weighted by molar-refractivity contribution is -0.126. The van der Waals surface area contributed by atoms with Crippen LogP contribution in [0.3, 0.4) is 0 Å². The van der Waals surface area contributed by atoms with Crippen molar-refractivity contribution in [3.05, 3.63) is 35.4 Å².